The molecule has 0 unspecified atom stereocenters. The van der Waals surface area contributed by atoms with Crippen LogP contribution >= 0.6 is 27.3 Å². The minimum Gasteiger partial charge on any atom is -0.478 e. The fraction of sp³-hybridized carbons (Fsp3) is 0.0667. The smallest absolute Gasteiger partial charge is 0.337 e. The topological polar surface area (TPSA) is 62.2 Å². The first-order valence-corrected chi connectivity index (χ1v) is 7.90. The molecule has 0 aliphatic rings. The van der Waals surface area contributed by atoms with Crippen LogP contribution in [0.4, 0.5) is 5.82 Å². The van der Waals surface area contributed by atoms with Crippen molar-refractivity contribution in [2.75, 3.05) is 5.32 Å². The highest BCUT2D eigenvalue weighted by atomic mass is 79.9. The van der Waals surface area contributed by atoms with E-state index in [9.17, 15) is 9.90 Å². The van der Waals surface area contributed by atoms with E-state index in [0.717, 1.165) is 9.86 Å². The number of benzene rings is 1. The third kappa shape index (κ3) is 2.91. The van der Waals surface area contributed by atoms with Crippen LogP contribution in [0, 0.1) is 0 Å². The molecule has 2 heterocycles. The maximum Gasteiger partial charge on any atom is 0.337 e. The van der Waals surface area contributed by atoms with Crippen molar-refractivity contribution in [1.82, 2.24) is 4.98 Å². The summed E-state index contributed by atoms with van der Waals surface area (Å²) in [5.41, 5.74) is 0.218. The highest BCUT2D eigenvalue weighted by Crippen LogP contribution is 2.26. The number of nitrogens with zero attached hydrogens (tertiary/aromatic N) is 1. The number of rotatable bonds is 4. The van der Waals surface area contributed by atoms with Gasteiger partial charge in [0.05, 0.1) is 12.1 Å². The van der Waals surface area contributed by atoms with Gasteiger partial charge in [0.25, 0.3) is 0 Å². The molecule has 0 amide bonds. The maximum atomic E-state index is 11.2. The predicted octanol–water partition coefficient (Wildman–Crippen LogP) is 4.37. The number of carboxylic acid groups (broad SMARTS) is 1. The molecule has 0 saturated heterocycles. The lowest BCUT2D eigenvalue weighted by Gasteiger charge is -2.09. The van der Waals surface area contributed by atoms with Crippen LogP contribution in [0.1, 0.15) is 15.2 Å². The van der Waals surface area contributed by atoms with Crippen LogP contribution in [0.2, 0.25) is 0 Å². The molecule has 0 bridgehead atoms. The number of pyridine rings is 1. The number of carboxylic acids is 1. The van der Waals surface area contributed by atoms with E-state index in [-0.39, 0.29) is 5.56 Å². The fourth-order valence-electron chi connectivity index (χ4n) is 2.12. The first-order valence-electron chi connectivity index (χ1n) is 6.23. The fourth-order valence-corrected chi connectivity index (χ4v) is 3.51. The van der Waals surface area contributed by atoms with Gasteiger partial charge in [-0.1, -0.05) is 24.3 Å². The summed E-state index contributed by atoms with van der Waals surface area (Å²) in [5.74, 6) is -0.271. The summed E-state index contributed by atoms with van der Waals surface area (Å²) in [5, 5.41) is 16.0. The van der Waals surface area contributed by atoms with Gasteiger partial charge >= 0.3 is 5.97 Å². The number of hydrogen-bond donors (Lipinski definition) is 2. The van der Waals surface area contributed by atoms with Crippen LogP contribution in [-0.4, -0.2) is 16.1 Å². The Morgan fingerprint density at radius 2 is 2.10 bits per heavy atom. The molecule has 6 heteroatoms. The molecular formula is C15H11BrN2O2S. The number of nitrogens with one attached hydrogen (secondary N) is 1. The molecule has 4 nitrogen and oxygen atoms in total. The van der Waals surface area contributed by atoms with Gasteiger partial charge in [-0.3, -0.25) is 0 Å². The molecule has 0 atom stereocenters. The Balaban J connectivity index is 1.96. The number of thiophene rings is 1. The second-order valence-electron chi connectivity index (χ2n) is 4.46. The average Bonchev–Trinajstić information content (AvgIpc) is 2.90. The lowest BCUT2D eigenvalue weighted by molar-refractivity contribution is 0.0698. The Hall–Kier alpha value is -1.92. The van der Waals surface area contributed by atoms with Crippen molar-refractivity contribution in [2.45, 2.75) is 6.54 Å². The quantitative estimate of drug-likeness (QED) is 0.723. The highest BCUT2D eigenvalue weighted by molar-refractivity contribution is 9.10. The summed E-state index contributed by atoms with van der Waals surface area (Å²) in [7, 11) is 0. The summed E-state index contributed by atoms with van der Waals surface area (Å²) in [4.78, 5) is 16.7. The largest absolute Gasteiger partial charge is 0.478 e. The van der Waals surface area contributed by atoms with Crippen molar-refractivity contribution < 1.29 is 9.90 Å². The maximum absolute atomic E-state index is 11.2. The SMILES string of the molecule is O=C(O)c1cnc(NCc2cc(Br)cs2)c2ccccc12. The zero-order chi connectivity index (χ0) is 14.8. The molecule has 0 spiro atoms. The van der Waals surface area contributed by atoms with Gasteiger partial charge in [0.15, 0.2) is 0 Å². The molecule has 2 aromatic heterocycles. The van der Waals surface area contributed by atoms with Gasteiger partial charge in [0.2, 0.25) is 0 Å². The van der Waals surface area contributed by atoms with Crippen molar-refractivity contribution in [2.24, 2.45) is 0 Å². The van der Waals surface area contributed by atoms with Gasteiger partial charge in [0, 0.05) is 31.7 Å². The number of aromatic nitrogens is 1. The molecule has 1 aromatic carbocycles. The minimum absolute atomic E-state index is 0.218. The van der Waals surface area contributed by atoms with E-state index in [2.05, 4.69) is 26.2 Å². The molecule has 106 valence electrons. The van der Waals surface area contributed by atoms with Gasteiger partial charge < -0.3 is 10.4 Å². The number of aromatic carboxylic acids is 1. The average molecular weight is 363 g/mol. The highest BCUT2D eigenvalue weighted by Gasteiger charge is 2.12. The van der Waals surface area contributed by atoms with Crippen molar-refractivity contribution in [3.63, 3.8) is 0 Å². The molecule has 0 saturated carbocycles. The number of carbonyl (C=O) groups is 1. The van der Waals surface area contributed by atoms with Crippen LogP contribution < -0.4 is 5.32 Å². The summed E-state index contributed by atoms with van der Waals surface area (Å²) < 4.78 is 1.06. The summed E-state index contributed by atoms with van der Waals surface area (Å²) >= 11 is 5.08. The number of halogens is 1. The standard InChI is InChI=1S/C15H11BrN2O2S/c16-9-5-10(21-8-9)6-17-14-12-4-2-1-3-11(12)13(7-18-14)15(19)20/h1-5,7-8H,6H2,(H,17,18)(H,19,20). The molecule has 0 fully saturated rings. The van der Waals surface area contributed by atoms with Crippen molar-refractivity contribution in [1.29, 1.82) is 0 Å². The van der Waals surface area contributed by atoms with Gasteiger partial charge in [-0.25, -0.2) is 9.78 Å². The summed E-state index contributed by atoms with van der Waals surface area (Å²) in [6.07, 6.45) is 1.40. The van der Waals surface area contributed by atoms with Crippen LogP contribution in [0.15, 0.2) is 46.4 Å². The van der Waals surface area contributed by atoms with E-state index < -0.39 is 5.97 Å². The zero-order valence-electron chi connectivity index (χ0n) is 10.8. The van der Waals surface area contributed by atoms with Gasteiger partial charge in [0.1, 0.15) is 5.82 Å². The monoisotopic (exact) mass is 362 g/mol. The lowest BCUT2D eigenvalue weighted by Crippen LogP contribution is -2.04. The molecule has 0 radical (unpaired) electrons. The van der Waals surface area contributed by atoms with E-state index in [4.69, 9.17) is 0 Å². The van der Waals surface area contributed by atoms with Gasteiger partial charge in [-0.15, -0.1) is 11.3 Å². The summed E-state index contributed by atoms with van der Waals surface area (Å²) in [6.45, 7) is 0.652. The number of anilines is 1. The van der Waals surface area contributed by atoms with Crippen molar-refractivity contribution in [3.05, 3.63) is 56.8 Å². The first kappa shape index (κ1) is 14.0. The third-order valence-corrected chi connectivity index (χ3v) is 4.77. The predicted molar refractivity (Wildman–Crippen MR) is 88.0 cm³/mol. The molecule has 2 N–H and O–H groups in total. The minimum atomic E-state index is -0.965. The Bertz CT molecular complexity index is 816. The second-order valence-corrected chi connectivity index (χ2v) is 6.37. The molecule has 3 aromatic rings. The van der Waals surface area contributed by atoms with Gasteiger partial charge in [-0.05, 0) is 22.0 Å². The van der Waals surface area contributed by atoms with E-state index in [0.29, 0.717) is 17.7 Å². The molecule has 3 rings (SSSR count). The second kappa shape index (κ2) is 5.83. The Labute approximate surface area is 133 Å². The van der Waals surface area contributed by atoms with E-state index in [1.165, 1.54) is 11.1 Å². The van der Waals surface area contributed by atoms with E-state index in [1.54, 1.807) is 17.4 Å². The van der Waals surface area contributed by atoms with Crippen LogP contribution in [0.25, 0.3) is 10.8 Å². The van der Waals surface area contributed by atoms with Crippen LogP contribution in [-0.2, 0) is 6.54 Å². The molecule has 0 aliphatic heterocycles. The normalized spacial score (nSPS) is 10.7. The van der Waals surface area contributed by atoms with E-state index >= 15 is 0 Å². The van der Waals surface area contributed by atoms with Crippen molar-refractivity contribution in [3.8, 4) is 0 Å². The van der Waals surface area contributed by atoms with Crippen LogP contribution in [0.3, 0.4) is 0 Å². The summed E-state index contributed by atoms with van der Waals surface area (Å²) in [6, 6.07) is 9.43. The number of hydrogen-bond acceptors (Lipinski definition) is 4. The zero-order valence-corrected chi connectivity index (χ0v) is 13.2. The number of fused-ring (bicyclic) bond motifs is 1. The third-order valence-electron chi connectivity index (χ3n) is 3.08. The Morgan fingerprint density at radius 1 is 1.33 bits per heavy atom. The Kier molecular flexibility index (Phi) is 3.90. The molecule has 21 heavy (non-hydrogen) atoms. The van der Waals surface area contributed by atoms with E-state index in [1.807, 2.05) is 29.6 Å². The molecular weight excluding hydrogens is 352 g/mol. The van der Waals surface area contributed by atoms with Crippen molar-refractivity contribution >= 4 is 49.8 Å². The van der Waals surface area contributed by atoms with Gasteiger partial charge in [-0.2, -0.15) is 0 Å². The lowest BCUT2D eigenvalue weighted by atomic mass is 10.1. The van der Waals surface area contributed by atoms with Crippen LogP contribution in [0.5, 0.6) is 0 Å². The molecule has 0 aliphatic carbocycles. The first-order chi connectivity index (χ1) is 10.1. The Morgan fingerprint density at radius 3 is 2.76 bits per heavy atom.